The van der Waals surface area contributed by atoms with Gasteiger partial charge < -0.3 is 15.8 Å². The third-order valence-corrected chi connectivity index (χ3v) is 4.36. The van der Waals surface area contributed by atoms with E-state index in [-0.39, 0.29) is 12.0 Å². The van der Waals surface area contributed by atoms with Crippen LogP contribution in [-0.4, -0.2) is 38.1 Å². The summed E-state index contributed by atoms with van der Waals surface area (Å²) < 4.78 is 7.26. The molecular weight excluding hydrogens is 318 g/mol. The van der Waals surface area contributed by atoms with Crippen LogP contribution in [0, 0.1) is 0 Å². The second-order valence-electron chi connectivity index (χ2n) is 6.08. The van der Waals surface area contributed by atoms with Gasteiger partial charge in [-0.05, 0) is 30.2 Å². The first kappa shape index (κ1) is 15.5. The SMILES string of the molecule is COc1nc(N)nc2c1C(c1ccc3nnn(C)c3c1)=C[C@@H](C)NC2. The number of hydrogen-bond acceptors (Lipinski definition) is 7. The van der Waals surface area contributed by atoms with E-state index in [0.29, 0.717) is 12.4 Å². The second kappa shape index (κ2) is 5.82. The topological polar surface area (TPSA) is 104 Å². The van der Waals surface area contributed by atoms with Crippen LogP contribution in [0.25, 0.3) is 16.6 Å². The van der Waals surface area contributed by atoms with E-state index in [0.717, 1.165) is 33.4 Å². The quantitative estimate of drug-likeness (QED) is 0.726. The molecule has 0 radical (unpaired) electrons. The Kier molecular flexibility index (Phi) is 3.61. The number of anilines is 1. The van der Waals surface area contributed by atoms with Gasteiger partial charge in [-0.1, -0.05) is 17.4 Å². The number of hydrogen-bond donors (Lipinski definition) is 2. The molecule has 0 fully saturated rings. The molecule has 25 heavy (non-hydrogen) atoms. The molecule has 3 aromatic rings. The van der Waals surface area contributed by atoms with Crippen molar-refractivity contribution in [2.45, 2.75) is 19.5 Å². The van der Waals surface area contributed by atoms with E-state index in [1.807, 2.05) is 19.2 Å². The number of methoxy groups -OCH3 is 1. The number of nitrogens with one attached hydrogen (secondary N) is 1. The summed E-state index contributed by atoms with van der Waals surface area (Å²) in [5, 5.41) is 11.6. The third kappa shape index (κ3) is 2.60. The van der Waals surface area contributed by atoms with Gasteiger partial charge in [-0.15, -0.1) is 5.10 Å². The molecule has 1 atom stereocenters. The maximum Gasteiger partial charge on any atom is 0.226 e. The fourth-order valence-corrected chi connectivity index (χ4v) is 3.14. The van der Waals surface area contributed by atoms with Crippen molar-refractivity contribution in [2.24, 2.45) is 7.05 Å². The van der Waals surface area contributed by atoms with E-state index >= 15 is 0 Å². The monoisotopic (exact) mass is 337 g/mol. The molecule has 0 aliphatic carbocycles. The lowest BCUT2D eigenvalue weighted by Crippen LogP contribution is -2.22. The Bertz CT molecular complexity index is 992. The number of ether oxygens (including phenoxy) is 1. The Morgan fingerprint density at radius 1 is 1.32 bits per heavy atom. The molecule has 1 aliphatic rings. The lowest BCUT2D eigenvalue weighted by molar-refractivity contribution is 0.395. The molecule has 3 heterocycles. The van der Waals surface area contributed by atoms with Crippen molar-refractivity contribution >= 4 is 22.6 Å². The highest BCUT2D eigenvalue weighted by atomic mass is 16.5. The number of aromatic nitrogens is 5. The smallest absolute Gasteiger partial charge is 0.226 e. The number of rotatable bonds is 2. The fourth-order valence-electron chi connectivity index (χ4n) is 3.14. The van der Waals surface area contributed by atoms with Crippen LogP contribution in [-0.2, 0) is 13.6 Å². The number of benzene rings is 1. The first-order valence-electron chi connectivity index (χ1n) is 8.02. The summed E-state index contributed by atoms with van der Waals surface area (Å²) in [4.78, 5) is 8.68. The van der Waals surface area contributed by atoms with Gasteiger partial charge in [-0.3, -0.25) is 0 Å². The van der Waals surface area contributed by atoms with Crippen molar-refractivity contribution in [3.63, 3.8) is 0 Å². The van der Waals surface area contributed by atoms with E-state index in [1.165, 1.54) is 0 Å². The summed E-state index contributed by atoms with van der Waals surface area (Å²) in [6.07, 6.45) is 2.15. The highest BCUT2D eigenvalue weighted by Crippen LogP contribution is 2.35. The van der Waals surface area contributed by atoms with E-state index in [1.54, 1.807) is 11.8 Å². The van der Waals surface area contributed by atoms with E-state index in [9.17, 15) is 0 Å². The van der Waals surface area contributed by atoms with Gasteiger partial charge in [0.05, 0.1) is 23.9 Å². The molecule has 4 rings (SSSR count). The van der Waals surface area contributed by atoms with Crippen LogP contribution in [0.4, 0.5) is 5.95 Å². The molecule has 128 valence electrons. The molecular formula is C17H19N7O. The molecule has 0 bridgehead atoms. The maximum atomic E-state index is 5.84. The number of fused-ring (bicyclic) bond motifs is 2. The first-order chi connectivity index (χ1) is 12.1. The summed E-state index contributed by atoms with van der Waals surface area (Å²) in [6, 6.07) is 6.22. The van der Waals surface area contributed by atoms with Crippen LogP contribution in [0.15, 0.2) is 24.3 Å². The maximum absolute atomic E-state index is 5.84. The normalized spacial score (nSPS) is 17.1. The van der Waals surface area contributed by atoms with Crippen molar-refractivity contribution in [3.8, 4) is 5.88 Å². The zero-order chi connectivity index (χ0) is 17.6. The number of aryl methyl sites for hydroxylation is 1. The summed E-state index contributed by atoms with van der Waals surface area (Å²) in [6.45, 7) is 2.69. The minimum atomic E-state index is 0.162. The predicted octanol–water partition coefficient (Wildman–Crippen LogP) is 1.27. The van der Waals surface area contributed by atoms with Gasteiger partial charge in [0.15, 0.2) is 0 Å². The third-order valence-electron chi connectivity index (χ3n) is 4.36. The van der Waals surface area contributed by atoms with E-state index < -0.39 is 0 Å². The van der Waals surface area contributed by atoms with Crippen LogP contribution in [0.2, 0.25) is 0 Å². The van der Waals surface area contributed by atoms with Gasteiger partial charge in [0.1, 0.15) is 5.52 Å². The molecule has 1 aliphatic heterocycles. The van der Waals surface area contributed by atoms with Crippen LogP contribution in [0.1, 0.15) is 23.7 Å². The van der Waals surface area contributed by atoms with Crippen LogP contribution in [0.3, 0.4) is 0 Å². The van der Waals surface area contributed by atoms with Crippen molar-refractivity contribution in [3.05, 3.63) is 41.1 Å². The molecule has 2 aromatic heterocycles. The molecule has 3 N–H and O–H groups in total. The Labute approximate surface area is 144 Å². The molecule has 0 saturated carbocycles. The minimum Gasteiger partial charge on any atom is -0.480 e. The fraction of sp³-hybridized carbons (Fsp3) is 0.294. The number of nitrogens with two attached hydrogens (primary N) is 1. The van der Waals surface area contributed by atoms with Gasteiger partial charge in [-0.2, -0.15) is 4.98 Å². The van der Waals surface area contributed by atoms with Crippen LogP contribution >= 0.6 is 0 Å². The van der Waals surface area contributed by atoms with Crippen molar-refractivity contribution < 1.29 is 4.74 Å². The standard InChI is InChI=1S/C17H19N7O/c1-9-6-11(10-4-5-12-14(7-10)24(2)23-22-12)15-13(8-19-9)20-17(18)21-16(15)25-3/h4-7,9,19H,8H2,1-3H3,(H2,18,20,21)/t9-/m1/s1. The molecule has 8 nitrogen and oxygen atoms in total. The van der Waals surface area contributed by atoms with Gasteiger partial charge >= 0.3 is 0 Å². The van der Waals surface area contributed by atoms with Gasteiger partial charge in [0, 0.05) is 19.6 Å². The van der Waals surface area contributed by atoms with Crippen molar-refractivity contribution in [2.75, 3.05) is 12.8 Å². The van der Waals surface area contributed by atoms with Crippen LogP contribution < -0.4 is 15.8 Å². The zero-order valence-electron chi connectivity index (χ0n) is 14.3. The second-order valence-corrected chi connectivity index (χ2v) is 6.08. The lowest BCUT2D eigenvalue weighted by Gasteiger charge is -2.14. The van der Waals surface area contributed by atoms with E-state index in [4.69, 9.17) is 10.5 Å². The predicted molar refractivity (Wildman–Crippen MR) is 94.9 cm³/mol. The van der Waals surface area contributed by atoms with Crippen molar-refractivity contribution in [1.29, 1.82) is 0 Å². The Hall–Kier alpha value is -3.00. The summed E-state index contributed by atoms with van der Waals surface area (Å²) in [5.74, 6) is 0.686. The average Bonchev–Trinajstić information content (AvgIpc) is 2.89. The molecule has 0 spiro atoms. The molecule has 1 aromatic carbocycles. The Morgan fingerprint density at radius 3 is 2.96 bits per heavy atom. The molecule has 0 unspecified atom stereocenters. The lowest BCUT2D eigenvalue weighted by atomic mass is 9.96. The molecule has 0 saturated heterocycles. The van der Waals surface area contributed by atoms with Gasteiger partial charge in [0.2, 0.25) is 11.8 Å². The van der Waals surface area contributed by atoms with Gasteiger partial charge in [-0.25, -0.2) is 9.67 Å². The zero-order valence-corrected chi connectivity index (χ0v) is 14.3. The highest BCUT2D eigenvalue weighted by molar-refractivity contribution is 5.88. The van der Waals surface area contributed by atoms with E-state index in [2.05, 4.69) is 44.7 Å². The molecule has 8 heteroatoms. The average molecular weight is 337 g/mol. The highest BCUT2D eigenvalue weighted by Gasteiger charge is 2.23. The Balaban J connectivity index is 1.97. The largest absolute Gasteiger partial charge is 0.480 e. The molecule has 0 amide bonds. The summed E-state index contributed by atoms with van der Waals surface area (Å²) in [5.41, 5.74) is 11.4. The Morgan fingerprint density at radius 2 is 2.16 bits per heavy atom. The van der Waals surface area contributed by atoms with Gasteiger partial charge in [0.25, 0.3) is 0 Å². The minimum absolute atomic E-state index is 0.162. The van der Waals surface area contributed by atoms with Crippen molar-refractivity contribution in [1.82, 2.24) is 30.3 Å². The summed E-state index contributed by atoms with van der Waals surface area (Å²) in [7, 11) is 3.47. The summed E-state index contributed by atoms with van der Waals surface area (Å²) >= 11 is 0. The first-order valence-corrected chi connectivity index (χ1v) is 8.02. The van der Waals surface area contributed by atoms with Crippen LogP contribution in [0.5, 0.6) is 5.88 Å². The number of nitrogen functional groups attached to an aromatic ring is 1. The number of nitrogens with zero attached hydrogens (tertiary/aromatic N) is 5.